The van der Waals surface area contributed by atoms with Crippen LogP contribution in [0.25, 0.3) is 11.0 Å². The van der Waals surface area contributed by atoms with Crippen molar-refractivity contribution >= 4 is 11.0 Å². The van der Waals surface area contributed by atoms with E-state index in [-0.39, 0.29) is 0 Å². The summed E-state index contributed by atoms with van der Waals surface area (Å²) in [5.74, 6) is 1.17. The van der Waals surface area contributed by atoms with Crippen LogP contribution in [0.1, 0.15) is 25.6 Å². The van der Waals surface area contributed by atoms with Crippen LogP contribution in [0.3, 0.4) is 0 Å². The zero-order valence-corrected chi connectivity index (χ0v) is 11.9. The van der Waals surface area contributed by atoms with Crippen molar-refractivity contribution in [1.29, 1.82) is 0 Å². The lowest BCUT2D eigenvalue weighted by molar-refractivity contribution is 0.531. The maximum absolute atomic E-state index is 4.79. The molecule has 0 aliphatic rings. The van der Waals surface area contributed by atoms with Crippen LogP contribution >= 0.6 is 0 Å². The van der Waals surface area contributed by atoms with E-state index in [9.17, 15) is 0 Å². The molecule has 0 aliphatic carbocycles. The summed E-state index contributed by atoms with van der Waals surface area (Å²) in [7, 11) is 2.00. The van der Waals surface area contributed by atoms with Gasteiger partial charge in [-0.1, -0.05) is 25.1 Å². The smallest absolute Gasteiger partial charge is 0.111 e. The van der Waals surface area contributed by atoms with Gasteiger partial charge in [-0.3, -0.25) is 0 Å². The van der Waals surface area contributed by atoms with Crippen molar-refractivity contribution in [3.05, 3.63) is 42.7 Å². The minimum absolute atomic E-state index is 0.407. The number of hydrogen-bond donors (Lipinski definition) is 1. The Bertz CT molecular complexity index is 542. The predicted molar refractivity (Wildman–Crippen MR) is 81.4 cm³/mol. The van der Waals surface area contributed by atoms with Crippen LogP contribution in [0.2, 0.25) is 0 Å². The molecule has 19 heavy (non-hydrogen) atoms. The third-order valence-corrected chi connectivity index (χ3v) is 3.47. The molecule has 0 spiro atoms. The summed E-state index contributed by atoms with van der Waals surface area (Å²) in [4.78, 5) is 4.79. The fourth-order valence-corrected chi connectivity index (χ4v) is 2.48. The van der Waals surface area contributed by atoms with Crippen LogP contribution in [0.5, 0.6) is 0 Å². The second-order valence-electron chi connectivity index (χ2n) is 4.88. The Labute approximate surface area is 115 Å². The summed E-state index contributed by atoms with van der Waals surface area (Å²) in [5, 5.41) is 3.34. The van der Waals surface area contributed by atoms with Crippen molar-refractivity contribution in [2.75, 3.05) is 7.05 Å². The summed E-state index contributed by atoms with van der Waals surface area (Å²) in [5.41, 5.74) is 2.34. The number of benzene rings is 1. The minimum Gasteiger partial charge on any atom is -0.328 e. The van der Waals surface area contributed by atoms with Crippen LogP contribution in [0, 0.1) is 0 Å². The van der Waals surface area contributed by atoms with Gasteiger partial charge < -0.3 is 9.88 Å². The van der Waals surface area contributed by atoms with Crippen LogP contribution in [0.4, 0.5) is 0 Å². The SMILES string of the molecule is C=CCC(Cc1nc2ccccc2n1CCC)NC. The normalized spacial score (nSPS) is 12.7. The predicted octanol–water partition coefficient (Wildman–Crippen LogP) is 3.15. The first kappa shape index (κ1) is 13.8. The van der Waals surface area contributed by atoms with Gasteiger partial charge in [0.1, 0.15) is 5.82 Å². The summed E-state index contributed by atoms with van der Waals surface area (Å²) >= 11 is 0. The van der Waals surface area contributed by atoms with Crippen molar-refractivity contribution in [3.63, 3.8) is 0 Å². The first-order valence-corrected chi connectivity index (χ1v) is 7.02. The average molecular weight is 257 g/mol. The number of likely N-dealkylation sites (N-methyl/N-ethyl adjacent to an activating group) is 1. The van der Waals surface area contributed by atoms with E-state index >= 15 is 0 Å². The number of para-hydroxylation sites is 2. The lowest BCUT2D eigenvalue weighted by Gasteiger charge is -2.15. The topological polar surface area (TPSA) is 29.9 Å². The molecule has 0 amide bonds. The highest BCUT2D eigenvalue weighted by atomic mass is 15.1. The van der Waals surface area contributed by atoms with Crippen molar-refractivity contribution in [3.8, 4) is 0 Å². The molecule has 0 saturated heterocycles. The van der Waals surface area contributed by atoms with Gasteiger partial charge in [-0.25, -0.2) is 4.98 Å². The molecule has 1 N–H and O–H groups in total. The van der Waals surface area contributed by atoms with Crippen molar-refractivity contribution in [2.24, 2.45) is 0 Å². The standard InChI is InChI=1S/C16H23N3/c1-4-8-13(17-3)12-16-18-14-9-6-7-10-15(14)19(16)11-5-2/h4,6-7,9-10,13,17H,1,5,8,11-12H2,2-3H3. The van der Waals surface area contributed by atoms with Crippen LogP contribution in [-0.4, -0.2) is 22.6 Å². The Morgan fingerprint density at radius 3 is 2.89 bits per heavy atom. The van der Waals surface area contributed by atoms with Crippen LogP contribution < -0.4 is 5.32 Å². The highest BCUT2D eigenvalue weighted by Gasteiger charge is 2.13. The van der Waals surface area contributed by atoms with Gasteiger partial charge in [0.15, 0.2) is 0 Å². The molecule has 0 aliphatic heterocycles. The Morgan fingerprint density at radius 2 is 2.21 bits per heavy atom. The van der Waals surface area contributed by atoms with Gasteiger partial charge in [0.25, 0.3) is 0 Å². The summed E-state index contributed by atoms with van der Waals surface area (Å²) < 4.78 is 2.35. The number of aromatic nitrogens is 2. The molecule has 0 radical (unpaired) electrons. The van der Waals surface area contributed by atoms with Gasteiger partial charge >= 0.3 is 0 Å². The number of hydrogen-bond acceptors (Lipinski definition) is 2. The Kier molecular flexibility index (Phi) is 4.74. The minimum atomic E-state index is 0.407. The number of nitrogens with zero attached hydrogens (tertiary/aromatic N) is 2. The number of aryl methyl sites for hydroxylation is 1. The Balaban J connectivity index is 2.35. The van der Waals surface area contributed by atoms with Gasteiger partial charge in [-0.05, 0) is 32.0 Å². The lowest BCUT2D eigenvalue weighted by Crippen LogP contribution is -2.28. The fraction of sp³-hybridized carbons (Fsp3) is 0.438. The number of rotatable bonds is 7. The molecular weight excluding hydrogens is 234 g/mol. The molecule has 0 saturated carbocycles. The molecule has 1 aromatic heterocycles. The molecule has 3 nitrogen and oxygen atoms in total. The second kappa shape index (κ2) is 6.53. The molecule has 0 bridgehead atoms. The monoisotopic (exact) mass is 257 g/mol. The van der Waals surface area contributed by atoms with E-state index in [2.05, 4.69) is 47.7 Å². The van der Waals surface area contributed by atoms with Crippen molar-refractivity contribution < 1.29 is 0 Å². The highest BCUT2D eigenvalue weighted by Crippen LogP contribution is 2.18. The molecule has 1 unspecified atom stereocenters. The summed E-state index contributed by atoms with van der Waals surface area (Å²) in [6.07, 6.45) is 5.00. The Hall–Kier alpha value is -1.61. The van der Waals surface area contributed by atoms with Gasteiger partial charge in [0.2, 0.25) is 0 Å². The maximum atomic E-state index is 4.79. The Morgan fingerprint density at radius 1 is 1.42 bits per heavy atom. The maximum Gasteiger partial charge on any atom is 0.111 e. The molecule has 0 fully saturated rings. The molecule has 102 valence electrons. The molecular formula is C16H23N3. The van der Waals surface area contributed by atoms with E-state index < -0.39 is 0 Å². The molecule has 1 atom stereocenters. The molecule has 1 aromatic carbocycles. The van der Waals surface area contributed by atoms with E-state index in [0.717, 1.165) is 31.3 Å². The third-order valence-electron chi connectivity index (χ3n) is 3.47. The average Bonchev–Trinajstić information content (AvgIpc) is 2.77. The van der Waals surface area contributed by atoms with Crippen molar-refractivity contribution in [2.45, 2.75) is 38.8 Å². The van der Waals surface area contributed by atoms with E-state index in [4.69, 9.17) is 4.98 Å². The molecule has 2 aromatic rings. The van der Waals surface area contributed by atoms with E-state index in [0.29, 0.717) is 6.04 Å². The second-order valence-corrected chi connectivity index (χ2v) is 4.88. The van der Waals surface area contributed by atoms with Crippen molar-refractivity contribution in [1.82, 2.24) is 14.9 Å². The molecule has 3 heteroatoms. The molecule has 1 heterocycles. The van der Waals surface area contributed by atoms with Gasteiger partial charge in [-0.2, -0.15) is 0 Å². The van der Waals surface area contributed by atoms with E-state index in [1.807, 2.05) is 13.1 Å². The van der Waals surface area contributed by atoms with Crippen LogP contribution in [0.15, 0.2) is 36.9 Å². The number of imidazole rings is 1. The van der Waals surface area contributed by atoms with Gasteiger partial charge in [0, 0.05) is 19.0 Å². The number of nitrogens with one attached hydrogen (secondary N) is 1. The van der Waals surface area contributed by atoms with E-state index in [1.54, 1.807) is 0 Å². The molecule has 2 rings (SSSR count). The lowest BCUT2D eigenvalue weighted by atomic mass is 10.1. The highest BCUT2D eigenvalue weighted by molar-refractivity contribution is 5.75. The summed E-state index contributed by atoms with van der Waals surface area (Å²) in [6.45, 7) is 7.06. The first-order valence-electron chi connectivity index (χ1n) is 7.02. The zero-order valence-electron chi connectivity index (χ0n) is 11.9. The van der Waals surface area contributed by atoms with Crippen LogP contribution in [-0.2, 0) is 13.0 Å². The van der Waals surface area contributed by atoms with E-state index in [1.165, 1.54) is 11.3 Å². The zero-order chi connectivity index (χ0) is 13.7. The largest absolute Gasteiger partial charge is 0.328 e. The fourth-order valence-electron chi connectivity index (χ4n) is 2.48. The quantitative estimate of drug-likeness (QED) is 0.772. The number of fused-ring (bicyclic) bond motifs is 1. The first-order chi connectivity index (χ1) is 9.30. The third kappa shape index (κ3) is 3.04. The van der Waals surface area contributed by atoms with Gasteiger partial charge in [-0.15, -0.1) is 6.58 Å². The summed E-state index contributed by atoms with van der Waals surface area (Å²) in [6, 6.07) is 8.79. The van der Waals surface area contributed by atoms with Gasteiger partial charge in [0.05, 0.1) is 11.0 Å².